The Balaban J connectivity index is 1.30. The van der Waals surface area contributed by atoms with Gasteiger partial charge in [0, 0.05) is 58.1 Å². The molecule has 4 nitrogen and oxygen atoms in total. The van der Waals surface area contributed by atoms with Gasteiger partial charge < -0.3 is 10.0 Å². The number of fused-ring (bicyclic) bond motifs is 2. The molecule has 0 amide bonds. The molecular formula is C42H46F6N2O2. The lowest BCUT2D eigenvalue weighted by Gasteiger charge is -2.34. The van der Waals surface area contributed by atoms with Gasteiger partial charge in [0.25, 0.3) is 0 Å². The molecular weight excluding hydrogens is 678 g/mol. The molecule has 2 heterocycles. The molecule has 7 rings (SSSR count). The van der Waals surface area contributed by atoms with Gasteiger partial charge in [-0.1, -0.05) is 58.1 Å². The molecule has 0 atom stereocenters. The first kappa shape index (κ1) is 36.5. The number of ketones is 1. The number of hydrogen-bond donors (Lipinski definition) is 0. The van der Waals surface area contributed by atoms with Crippen LogP contribution in [0.3, 0.4) is 0 Å². The van der Waals surface area contributed by atoms with E-state index in [1.54, 1.807) is 12.2 Å². The Hall–Kier alpha value is -3.82. The topological polar surface area (TPSA) is 46.4 Å². The number of nitrogens with zero attached hydrogens (tertiary/aromatic N) is 2. The standard InChI is InChI=1S/C42H46F6N2O2/c1-39(2)31-19-27(41(43,44)45)15-17-33(31)49(23-25-11-7-5-8-12-25)35(39)21-29-37(51)30(38(29)52)22-36-40(3,4)32-20-28(42(46,47)48)16-18-34(32)50(36)24-26-13-9-6-10-14-26/h15-22,25-26H,5-14,23-24H2,1-4H3. The molecule has 0 N–H and O–H groups in total. The average Bonchev–Trinajstić information content (AvgIpc) is 3.43. The fourth-order valence-electron chi connectivity index (χ4n) is 9.24. The van der Waals surface area contributed by atoms with E-state index in [2.05, 4.69) is 0 Å². The van der Waals surface area contributed by atoms with Crippen molar-refractivity contribution < 1.29 is 40.8 Å². The minimum atomic E-state index is -4.52. The molecule has 2 fully saturated rings. The molecule has 2 aromatic carbocycles. The Labute approximate surface area is 301 Å². The molecule has 5 aliphatic rings. The highest BCUT2D eigenvalue weighted by Gasteiger charge is 2.49. The third-order valence-corrected chi connectivity index (χ3v) is 12.3. The zero-order valence-electron chi connectivity index (χ0n) is 30.2. The second kappa shape index (κ2) is 12.9. The van der Waals surface area contributed by atoms with Crippen molar-refractivity contribution in [3.8, 4) is 0 Å². The molecule has 3 aliphatic carbocycles. The number of carbonyl (C=O) groups excluding carboxylic acids is 1. The minimum Gasteiger partial charge on any atom is -0.871 e. The number of alkyl halides is 6. The number of benzene rings is 2. The second-order valence-electron chi connectivity index (χ2n) is 16.5. The number of carbonyl (C=O) groups is 1. The number of halogens is 6. The molecule has 2 saturated carbocycles. The number of hydrogen-bond acceptors (Lipinski definition) is 3. The monoisotopic (exact) mass is 724 g/mol. The van der Waals surface area contributed by atoms with Gasteiger partial charge in [-0.15, -0.1) is 0 Å². The van der Waals surface area contributed by atoms with Gasteiger partial charge >= 0.3 is 12.4 Å². The van der Waals surface area contributed by atoms with Crippen LogP contribution < -0.4 is 10.0 Å². The van der Waals surface area contributed by atoms with Gasteiger partial charge in [-0.2, -0.15) is 30.9 Å². The second-order valence-corrected chi connectivity index (χ2v) is 16.5. The number of anilines is 1. The van der Waals surface area contributed by atoms with E-state index in [1.807, 2.05) is 37.2 Å². The Bertz CT molecular complexity index is 1910. The summed E-state index contributed by atoms with van der Waals surface area (Å²) in [6, 6.07) is 7.57. The van der Waals surface area contributed by atoms with Gasteiger partial charge in [-0.3, -0.25) is 4.79 Å². The van der Waals surface area contributed by atoms with E-state index in [-0.39, 0.29) is 11.1 Å². The predicted molar refractivity (Wildman–Crippen MR) is 187 cm³/mol. The molecule has 10 heteroatoms. The summed E-state index contributed by atoms with van der Waals surface area (Å²) >= 11 is 0. The van der Waals surface area contributed by atoms with Crippen molar-refractivity contribution >= 4 is 22.9 Å². The van der Waals surface area contributed by atoms with Crippen LogP contribution in [0.25, 0.3) is 0 Å². The third-order valence-electron chi connectivity index (χ3n) is 12.3. The molecule has 2 aliphatic heterocycles. The summed E-state index contributed by atoms with van der Waals surface area (Å²) in [6.45, 7) is 8.47. The Morgan fingerprint density at radius 1 is 0.769 bits per heavy atom. The first-order chi connectivity index (χ1) is 24.4. The van der Waals surface area contributed by atoms with Crippen LogP contribution in [0.4, 0.5) is 37.7 Å². The number of allylic oxidation sites excluding steroid dienone is 5. The van der Waals surface area contributed by atoms with Crippen molar-refractivity contribution in [1.82, 2.24) is 0 Å². The Morgan fingerprint density at radius 3 is 1.90 bits per heavy atom. The lowest BCUT2D eigenvalue weighted by molar-refractivity contribution is -0.447. The molecule has 278 valence electrons. The van der Waals surface area contributed by atoms with Crippen molar-refractivity contribution in [1.29, 1.82) is 0 Å². The first-order valence-electron chi connectivity index (χ1n) is 18.6. The largest absolute Gasteiger partial charge is 0.871 e. The predicted octanol–water partition coefficient (Wildman–Crippen LogP) is 10.1. The van der Waals surface area contributed by atoms with E-state index in [1.165, 1.54) is 24.3 Å². The highest BCUT2D eigenvalue weighted by atomic mass is 19.4. The van der Waals surface area contributed by atoms with Crippen LogP contribution in [0, 0.1) is 11.8 Å². The lowest BCUT2D eigenvalue weighted by Crippen LogP contribution is -2.36. The van der Waals surface area contributed by atoms with Crippen LogP contribution in [0.5, 0.6) is 0 Å². The van der Waals surface area contributed by atoms with Gasteiger partial charge in [-0.25, -0.2) is 0 Å². The quantitative estimate of drug-likeness (QED) is 0.169. The molecule has 0 spiro atoms. The summed E-state index contributed by atoms with van der Waals surface area (Å²) in [5, 5.41) is 14.0. The van der Waals surface area contributed by atoms with Crippen LogP contribution in [0.1, 0.15) is 114 Å². The van der Waals surface area contributed by atoms with Crippen molar-refractivity contribution in [2.24, 2.45) is 11.8 Å². The summed E-state index contributed by atoms with van der Waals surface area (Å²) < 4.78 is 85.1. The summed E-state index contributed by atoms with van der Waals surface area (Å²) in [6.07, 6.45) is 4.73. The number of rotatable bonds is 6. The summed E-state index contributed by atoms with van der Waals surface area (Å²) in [4.78, 5) is 16.0. The van der Waals surface area contributed by atoms with E-state index >= 15 is 0 Å². The van der Waals surface area contributed by atoms with Crippen LogP contribution in [-0.4, -0.2) is 29.2 Å². The fraction of sp³-hybridized carbons (Fsp3) is 0.524. The summed E-state index contributed by atoms with van der Waals surface area (Å²) in [5.41, 5.74) is 0.142. The minimum absolute atomic E-state index is 0.0288. The first-order valence-corrected chi connectivity index (χ1v) is 18.6. The third kappa shape index (κ3) is 6.31. The summed E-state index contributed by atoms with van der Waals surface area (Å²) in [5.74, 6) is -0.286. The van der Waals surface area contributed by atoms with Gasteiger partial charge in [0.05, 0.1) is 16.5 Å². The van der Waals surface area contributed by atoms with E-state index in [0.717, 1.165) is 76.3 Å². The fourth-order valence-corrected chi connectivity index (χ4v) is 9.24. The van der Waals surface area contributed by atoms with Crippen molar-refractivity contribution in [2.75, 3.05) is 18.0 Å². The van der Waals surface area contributed by atoms with Crippen LogP contribution in [0.15, 0.2) is 71.2 Å². The van der Waals surface area contributed by atoms with Gasteiger partial charge in [-0.05, 0) is 87.4 Å². The Kier molecular flexibility index (Phi) is 9.09. The van der Waals surface area contributed by atoms with Crippen LogP contribution in [0.2, 0.25) is 0 Å². The zero-order valence-corrected chi connectivity index (χ0v) is 30.2. The molecule has 2 aromatic rings. The van der Waals surface area contributed by atoms with E-state index in [4.69, 9.17) is 0 Å². The molecule has 0 unspecified atom stereocenters. The molecule has 0 radical (unpaired) electrons. The maximum Gasteiger partial charge on any atom is 0.416 e. The van der Waals surface area contributed by atoms with E-state index in [9.17, 15) is 36.2 Å². The SMILES string of the molecule is CC1(C)C(/C=C2/C(=O)C(/C=C3\N(CC4CCCCC4)c4ccc(C(F)(F)F)cc4C3(C)C)=C2[O-])=[N+](CC2CCCCC2)c2ccc(C(F)(F)F)cc21. The molecule has 0 bridgehead atoms. The maximum absolute atomic E-state index is 14.0. The van der Waals surface area contributed by atoms with Gasteiger partial charge in [0.15, 0.2) is 18.0 Å². The molecule has 0 aromatic heterocycles. The van der Waals surface area contributed by atoms with E-state index in [0.29, 0.717) is 58.8 Å². The van der Waals surface area contributed by atoms with Crippen LogP contribution in [-0.2, 0) is 28.0 Å². The van der Waals surface area contributed by atoms with Gasteiger partial charge in [0.1, 0.15) is 0 Å². The smallest absolute Gasteiger partial charge is 0.416 e. The molecule has 0 saturated heterocycles. The van der Waals surface area contributed by atoms with Crippen molar-refractivity contribution in [3.63, 3.8) is 0 Å². The number of Topliss-reactive ketones (excluding diaryl/α,β-unsaturated/α-hetero) is 1. The van der Waals surface area contributed by atoms with E-state index < -0.39 is 45.9 Å². The van der Waals surface area contributed by atoms with Crippen molar-refractivity contribution in [2.45, 2.75) is 115 Å². The lowest BCUT2D eigenvalue weighted by atomic mass is 9.77. The zero-order chi connectivity index (χ0) is 37.4. The Morgan fingerprint density at radius 2 is 1.33 bits per heavy atom. The van der Waals surface area contributed by atoms with Crippen molar-refractivity contribution in [3.05, 3.63) is 93.4 Å². The highest BCUT2D eigenvalue weighted by Crippen LogP contribution is 2.51. The maximum atomic E-state index is 14.0. The highest BCUT2D eigenvalue weighted by molar-refractivity contribution is 6.24. The normalized spacial score (nSPS) is 23.9. The average molecular weight is 725 g/mol. The summed E-state index contributed by atoms with van der Waals surface area (Å²) in [7, 11) is 0. The van der Waals surface area contributed by atoms with Gasteiger partial charge in [0.2, 0.25) is 5.69 Å². The molecule has 52 heavy (non-hydrogen) atoms. The van der Waals surface area contributed by atoms with Crippen LogP contribution >= 0.6 is 0 Å².